The number of hydrogen-bond acceptors (Lipinski definition) is 1. The lowest BCUT2D eigenvalue weighted by Crippen LogP contribution is -2.15. The van der Waals surface area contributed by atoms with Crippen molar-refractivity contribution in [2.75, 3.05) is 6.54 Å². The van der Waals surface area contributed by atoms with E-state index in [9.17, 15) is 0 Å². The fourth-order valence-electron chi connectivity index (χ4n) is 2.33. The molecular formula is C17H19Cl2N. The maximum Gasteiger partial charge on any atom is 0.0624 e. The lowest BCUT2D eigenvalue weighted by atomic mass is 9.90. The molecule has 0 aliphatic rings. The van der Waals surface area contributed by atoms with Gasteiger partial charge in [-0.05, 0) is 55.1 Å². The number of rotatable bonds is 4. The van der Waals surface area contributed by atoms with Crippen LogP contribution in [-0.2, 0) is 6.42 Å². The summed E-state index contributed by atoms with van der Waals surface area (Å²) in [5.41, 5.74) is 10.8. The molecule has 2 aromatic carbocycles. The first kappa shape index (κ1) is 15.4. The van der Waals surface area contributed by atoms with Crippen LogP contribution >= 0.6 is 23.2 Å². The van der Waals surface area contributed by atoms with E-state index >= 15 is 0 Å². The molecule has 1 nitrogen and oxygen atoms in total. The Morgan fingerprint density at radius 3 is 2.45 bits per heavy atom. The molecule has 0 bridgehead atoms. The summed E-state index contributed by atoms with van der Waals surface area (Å²) < 4.78 is 0. The molecule has 1 atom stereocenters. The molecular weight excluding hydrogens is 289 g/mol. The minimum Gasteiger partial charge on any atom is -0.330 e. The van der Waals surface area contributed by atoms with E-state index in [2.05, 4.69) is 32.0 Å². The van der Waals surface area contributed by atoms with Crippen LogP contribution < -0.4 is 5.73 Å². The number of halogens is 2. The highest BCUT2D eigenvalue weighted by molar-refractivity contribution is 6.42. The highest BCUT2D eigenvalue weighted by Gasteiger charge is 2.14. The fraction of sp³-hybridized carbons (Fsp3) is 0.294. The Morgan fingerprint density at radius 1 is 1.05 bits per heavy atom. The van der Waals surface area contributed by atoms with Crippen molar-refractivity contribution in [3.63, 3.8) is 0 Å². The summed E-state index contributed by atoms with van der Waals surface area (Å²) in [5, 5.41) is 1.23. The molecule has 2 rings (SSSR count). The normalized spacial score (nSPS) is 12.4. The first-order valence-corrected chi connectivity index (χ1v) is 7.48. The van der Waals surface area contributed by atoms with Gasteiger partial charge in [0.15, 0.2) is 0 Å². The largest absolute Gasteiger partial charge is 0.330 e. The Morgan fingerprint density at radius 2 is 1.80 bits per heavy atom. The standard InChI is InChI=1S/C17H19Cl2N/c1-11-6-7-13(8-12(11)2)15(10-20)9-14-4-3-5-16(18)17(14)19/h3-8,15H,9-10,20H2,1-2H3. The van der Waals surface area contributed by atoms with E-state index in [1.54, 1.807) is 6.07 Å². The number of benzene rings is 2. The summed E-state index contributed by atoms with van der Waals surface area (Å²) in [6.45, 7) is 4.83. The van der Waals surface area contributed by atoms with Gasteiger partial charge in [0, 0.05) is 5.92 Å². The Balaban J connectivity index is 2.28. The van der Waals surface area contributed by atoms with Crippen LogP contribution in [0.2, 0.25) is 10.0 Å². The number of aryl methyl sites for hydroxylation is 2. The quantitative estimate of drug-likeness (QED) is 0.854. The van der Waals surface area contributed by atoms with E-state index < -0.39 is 0 Å². The van der Waals surface area contributed by atoms with E-state index in [-0.39, 0.29) is 5.92 Å². The van der Waals surface area contributed by atoms with Crippen molar-refractivity contribution in [1.82, 2.24) is 0 Å². The van der Waals surface area contributed by atoms with Gasteiger partial charge in [-0.3, -0.25) is 0 Å². The van der Waals surface area contributed by atoms with Crippen LogP contribution in [0.25, 0.3) is 0 Å². The highest BCUT2D eigenvalue weighted by Crippen LogP contribution is 2.30. The molecule has 0 spiro atoms. The smallest absolute Gasteiger partial charge is 0.0624 e. The van der Waals surface area contributed by atoms with Gasteiger partial charge in [-0.25, -0.2) is 0 Å². The third-order valence-electron chi connectivity index (χ3n) is 3.78. The number of hydrogen-bond donors (Lipinski definition) is 1. The van der Waals surface area contributed by atoms with Crippen LogP contribution in [0.5, 0.6) is 0 Å². The predicted octanol–water partition coefficient (Wildman–Crippen LogP) is 4.90. The van der Waals surface area contributed by atoms with E-state index in [1.807, 2.05) is 12.1 Å². The van der Waals surface area contributed by atoms with Gasteiger partial charge in [0.2, 0.25) is 0 Å². The molecule has 0 saturated carbocycles. The van der Waals surface area contributed by atoms with Gasteiger partial charge >= 0.3 is 0 Å². The van der Waals surface area contributed by atoms with Crippen molar-refractivity contribution < 1.29 is 0 Å². The van der Waals surface area contributed by atoms with E-state index in [0.29, 0.717) is 16.6 Å². The van der Waals surface area contributed by atoms with Crippen molar-refractivity contribution in [2.45, 2.75) is 26.2 Å². The maximum absolute atomic E-state index is 6.27. The van der Waals surface area contributed by atoms with Crippen molar-refractivity contribution in [3.05, 3.63) is 68.7 Å². The second-order valence-electron chi connectivity index (χ2n) is 5.19. The van der Waals surface area contributed by atoms with Crippen molar-refractivity contribution in [1.29, 1.82) is 0 Å². The zero-order valence-electron chi connectivity index (χ0n) is 11.8. The molecule has 0 amide bonds. The Bertz CT molecular complexity index is 608. The fourth-order valence-corrected chi connectivity index (χ4v) is 2.72. The van der Waals surface area contributed by atoms with Crippen molar-refractivity contribution in [2.24, 2.45) is 5.73 Å². The zero-order valence-corrected chi connectivity index (χ0v) is 13.3. The molecule has 0 radical (unpaired) electrons. The van der Waals surface area contributed by atoms with Gasteiger partial charge < -0.3 is 5.73 Å². The third kappa shape index (κ3) is 3.35. The molecule has 2 aromatic rings. The second kappa shape index (κ2) is 6.62. The average Bonchev–Trinajstić information content (AvgIpc) is 2.44. The molecule has 0 aliphatic carbocycles. The maximum atomic E-state index is 6.27. The number of nitrogens with two attached hydrogens (primary N) is 1. The van der Waals surface area contributed by atoms with Crippen LogP contribution in [0.15, 0.2) is 36.4 Å². The summed E-state index contributed by atoms with van der Waals surface area (Å²) in [6.07, 6.45) is 0.804. The molecule has 106 valence electrons. The molecule has 1 unspecified atom stereocenters. The van der Waals surface area contributed by atoms with Gasteiger partial charge in [0.25, 0.3) is 0 Å². The van der Waals surface area contributed by atoms with E-state index in [4.69, 9.17) is 28.9 Å². The molecule has 0 fully saturated rings. The van der Waals surface area contributed by atoms with E-state index in [1.165, 1.54) is 16.7 Å². The highest BCUT2D eigenvalue weighted by atomic mass is 35.5. The van der Waals surface area contributed by atoms with Crippen molar-refractivity contribution in [3.8, 4) is 0 Å². The Kier molecular flexibility index (Phi) is 5.09. The van der Waals surface area contributed by atoms with E-state index in [0.717, 1.165) is 12.0 Å². The summed E-state index contributed by atoms with van der Waals surface area (Å²) in [4.78, 5) is 0. The van der Waals surface area contributed by atoms with Gasteiger partial charge in [-0.15, -0.1) is 0 Å². The minimum absolute atomic E-state index is 0.255. The van der Waals surface area contributed by atoms with Gasteiger partial charge in [-0.2, -0.15) is 0 Å². The Labute approximate surface area is 130 Å². The summed E-state index contributed by atoms with van der Waals surface area (Å²) >= 11 is 12.3. The molecule has 0 aliphatic heterocycles. The van der Waals surface area contributed by atoms with Crippen LogP contribution in [0, 0.1) is 13.8 Å². The average molecular weight is 308 g/mol. The molecule has 2 N–H and O–H groups in total. The zero-order chi connectivity index (χ0) is 14.7. The third-order valence-corrected chi connectivity index (χ3v) is 4.64. The molecule has 0 aromatic heterocycles. The molecule has 20 heavy (non-hydrogen) atoms. The van der Waals surface area contributed by atoms with Crippen molar-refractivity contribution >= 4 is 23.2 Å². The predicted molar refractivity (Wildman–Crippen MR) is 87.9 cm³/mol. The molecule has 0 heterocycles. The Hall–Kier alpha value is -1.02. The molecule has 3 heteroatoms. The first-order valence-electron chi connectivity index (χ1n) is 6.73. The minimum atomic E-state index is 0.255. The monoisotopic (exact) mass is 307 g/mol. The summed E-state index contributed by atoms with van der Waals surface area (Å²) in [6, 6.07) is 12.3. The summed E-state index contributed by atoms with van der Waals surface area (Å²) in [5.74, 6) is 0.255. The van der Waals surface area contributed by atoms with Crippen LogP contribution in [-0.4, -0.2) is 6.54 Å². The molecule has 0 saturated heterocycles. The van der Waals surface area contributed by atoms with Crippen LogP contribution in [0.4, 0.5) is 0 Å². The van der Waals surface area contributed by atoms with Crippen LogP contribution in [0.1, 0.15) is 28.2 Å². The van der Waals surface area contributed by atoms with Gasteiger partial charge in [0.1, 0.15) is 0 Å². The van der Waals surface area contributed by atoms with Gasteiger partial charge in [0.05, 0.1) is 10.0 Å². The van der Waals surface area contributed by atoms with Gasteiger partial charge in [-0.1, -0.05) is 53.5 Å². The summed E-state index contributed by atoms with van der Waals surface area (Å²) in [7, 11) is 0. The lowest BCUT2D eigenvalue weighted by Gasteiger charge is -2.18. The topological polar surface area (TPSA) is 26.0 Å². The first-order chi connectivity index (χ1) is 9.52. The lowest BCUT2D eigenvalue weighted by molar-refractivity contribution is 0.693. The second-order valence-corrected chi connectivity index (χ2v) is 5.98. The van der Waals surface area contributed by atoms with Crippen LogP contribution in [0.3, 0.4) is 0 Å². The SMILES string of the molecule is Cc1ccc(C(CN)Cc2cccc(Cl)c2Cl)cc1C.